The van der Waals surface area contributed by atoms with Gasteiger partial charge >= 0.3 is 0 Å². The van der Waals surface area contributed by atoms with Crippen LogP contribution in [-0.4, -0.2) is 32.6 Å². The lowest BCUT2D eigenvalue weighted by atomic mass is 10.0. The Kier molecular flexibility index (Phi) is 13.1. The van der Waals surface area contributed by atoms with E-state index in [2.05, 4.69) is 62.3 Å². The van der Waals surface area contributed by atoms with Gasteiger partial charge in [0.15, 0.2) is 24.0 Å². The number of phenolic OH excluding ortho intramolecular Hbond substituents is 2. The van der Waals surface area contributed by atoms with Crippen LogP contribution in [0.3, 0.4) is 0 Å². The summed E-state index contributed by atoms with van der Waals surface area (Å²) in [5, 5.41) is 55.1. The highest BCUT2D eigenvalue weighted by molar-refractivity contribution is 6.12. The maximum absolute atomic E-state index is 13.5. The van der Waals surface area contributed by atoms with Crippen LogP contribution in [0.4, 0.5) is 34.1 Å². The molecule has 1 amide bonds. The number of azo groups is 2. The quantitative estimate of drug-likeness (QED) is 0.0628. The number of carbonyl (C=O) groups is 1. The second kappa shape index (κ2) is 20.5. The number of aromatic nitrogens is 2. The van der Waals surface area contributed by atoms with Gasteiger partial charge in [0.25, 0.3) is 5.91 Å². The fourth-order valence-corrected chi connectivity index (χ4v) is 8.26. The molecular formula is C60H48N8O4. The number of ether oxygens (including phenoxy) is 1. The van der Waals surface area contributed by atoms with E-state index in [1.807, 2.05) is 182 Å². The third kappa shape index (κ3) is 10.1. The van der Waals surface area contributed by atoms with Crippen molar-refractivity contribution in [2.75, 3.05) is 17.4 Å². The lowest BCUT2D eigenvalue weighted by Crippen LogP contribution is -2.13. The molecule has 10 aromatic rings. The lowest BCUT2D eigenvalue weighted by Gasteiger charge is -2.14. The summed E-state index contributed by atoms with van der Waals surface area (Å²) in [4.78, 5) is 13.5. The van der Waals surface area contributed by atoms with Gasteiger partial charge in [0.1, 0.15) is 11.4 Å². The van der Waals surface area contributed by atoms with Crippen molar-refractivity contribution in [2.45, 2.75) is 20.8 Å². The van der Waals surface area contributed by atoms with E-state index >= 15 is 0 Å². The van der Waals surface area contributed by atoms with Crippen LogP contribution in [0.25, 0.3) is 50.6 Å². The van der Waals surface area contributed by atoms with E-state index in [1.165, 1.54) is 0 Å². The van der Waals surface area contributed by atoms with Crippen LogP contribution in [0.1, 0.15) is 38.2 Å². The SMILES string of the molecule is Cc1ccc(-c2nn(-c3ccc(N=Nc4c(O)c(OCNc5ccccc5C)cc5ccccc45)cc3)cc2C=Cc2ccc(N=Nc3c(O)c(C(=O)Nc4ccccc4C)cc4ccccc34)cc2)cc1. The first kappa shape index (κ1) is 46.1. The van der Waals surface area contributed by atoms with Crippen LogP contribution in [0.15, 0.2) is 209 Å². The molecule has 352 valence electrons. The first-order valence-corrected chi connectivity index (χ1v) is 23.3. The number of nitrogens with zero attached hydrogens (tertiary/aromatic N) is 6. The molecule has 12 heteroatoms. The molecular weight excluding hydrogens is 897 g/mol. The molecule has 0 aliphatic rings. The van der Waals surface area contributed by atoms with Crippen molar-refractivity contribution in [1.82, 2.24) is 9.78 Å². The number of hydrogen-bond donors (Lipinski definition) is 4. The predicted octanol–water partition coefficient (Wildman–Crippen LogP) is 15.9. The van der Waals surface area contributed by atoms with Gasteiger partial charge in [0.2, 0.25) is 0 Å². The van der Waals surface area contributed by atoms with Gasteiger partial charge in [-0.25, -0.2) is 4.68 Å². The highest BCUT2D eigenvalue weighted by Gasteiger charge is 2.20. The summed E-state index contributed by atoms with van der Waals surface area (Å²) in [5.74, 6) is -0.506. The number of nitrogens with one attached hydrogen (secondary N) is 2. The zero-order valence-electron chi connectivity index (χ0n) is 39.7. The first-order chi connectivity index (χ1) is 35.1. The first-order valence-electron chi connectivity index (χ1n) is 23.3. The monoisotopic (exact) mass is 944 g/mol. The largest absolute Gasteiger partial charge is 0.505 e. The maximum Gasteiger partial charge on any atom is 0.259 e. The summed E-state index contributed by atoms with van der Waals surface area (Å²) in [7, 11) is 0. The zero-order chi connectivity index (χ0) is 49.6. The smallest absolute Gasteiger partial charge is 0.259 e. The number of carbonyl (C=O) groups excluding carboxylic acids is 1. The fraction of sp³-hybridized carbons (Fsp3) is 0.0667. The van der Waals surface area contributed by atoms with Crippen molar-refractivity contribution < 1.29 is 19.7 Å². The highest BCUT2D eigenvalue weighted by Crippen LogP contribution is 2.44. The minimum absolute atomic E-state index is 0.0990. The second-order valence-corrected chi connectivity index (χ2v) is 17.3. The Morgan fingerprint density at radius 2 is 1.18 bits per heavy atom. The van der Waals surface area contributed by atoms with Crippen LogP contribution in [0.5, 0.6) is 17.2 Å². The summed E-state index contributed by atoms with van der Waals surface area (Å²) in [6.45, 7) is 6.13. The lowest BCUT2D eigenvalue weighted by molar-refractivity contribution is 0.102. The Morgan fingerprint density at radius 3 is 1.83 bits per heavy atom. The summed E-state index contributed by atoms with van der Waals surface area (Å²) in [5.41, 5.74) is 10.9. The Hall–Kier alpha value is -9.68. The second-order valence-electron chi connectivity index (χ2n) is 17.3. The molecule has 0 spiro atoms. The number of aromatic hydroxyl groups is 2. The Bertz CT molecular complexity index is 3710. The average Bonchev–Trinajstić information content (AvgIpc) is 3.83. The predicted molar refractivity (Wildman–Crippen MR) is 288 cm³/mol. The molecule has 0 aliphatic heterocycles. The van der Waals surface area contributed by atoms with Crippen molar-refractivity contribution in [3.05, 3.63) is 222 Å². The van der Waals surface area contributed by atoms with Crippen molar-refractivity contribution in [1.29, 1.82) is 0 Å². The third-order valence-electron chi connectivity index (χ3n) is 12.3. The molecule has 0 radical (unpaired) electrons. The Morgan fingerprint density at radius 1 is 0.611 bits per heavy atom. The van der Waals surface area contributed by atoms with Crippen LogP contribution in [-0.2, 0) is 0 Å². The molecule has 0 fully saturated rings. The molecule has 0 unspecified atom stereocenters. The number of rotatable bonds is 14. The number of fused-ring (bicyclic) bond motifs is 2. The van der Waals surface area contributed by atoms with Crippen molar-refractivity contribution in [2.24, 2.45) is 20.5 Å². The molecule has 72 heavy (non-hydrogen) atoms. The maximum atomic E-state index is 13.5. The van der Waals surface area contributed by atoms with Gasteiger partial charge < -0.3 is 25.6 Å². The van der Waals surface area contributed by atoms with Crippen LogP contribution in [0, 0.1) is 20.8 Å². The van der Waals surface area contributed by atoms with E-state index in [9.17, 15) is 15.0 Å². The summed E-state index contributed by atoms with van der Waals surface area (Å²) < 4.78 is 7.85. The summed E-state index contributed by atoms with van der Waals surface area (Å²) >= 11 is 0. The number of hydrogen-bond acceptors (Lipinski definition) is 10. The van der Waals surface area contributed by atoms with Gasteiger partial charge in [-0.05, 0) is 109 Å². The van der Waals surface area contributed by atoms with E-state index in [1.54, 1.807) is 12.1 Å². The molecule has 0 atom stereocenters. The van der Waals surface area contributed by atoms with Gasteiger partial charge in [0.05, 0.1) is 28.3 Å². The molecule has 10 rings (SSSR count). The van der Waals surface area contributed by atoms with Gasteiger partial charge in [-0.1, -0.05) is 139 Å². The van der Waals surface area contributed by atoms with Gasteiger partial charge in [-0.3, -0.25) is 4.79 Å². The Labute approximate surface area is 416 Å². The van der Waals surface area contributed by atoms with Gasteiger partial charge in [0, 0.05) is 39.5 Å². The number of benzene rings is 9. The van der Waals surface area contributed by atoms with E-state index < -0.39 is 5.91 Å². The van der Waals surface area contributed by atoms with E-state index in [-0.39, 0.29) is 29.5 Å². The minimum Gasteiger partial charge on any atom is -0.505 e. The minimum atomic E-state index is -0.447. The van der Waals surface area contributed by atoms with Crippen molar-refractivity contribution in [3.8, 4) is 34.2 Å². The van der Waals surface area contributed by atoms with Gasteiger partial charge in [-0.15, -0.1) is 10.2 Å². The topological polar surface area (TPSA) is 158 Å². The number of amides is 1. The number of phenols is 2. The highest BCUT2D eigenvalue weighted by atomic mass is 16.5. The fourth-order valence-electron chi connectivity index (χ4n) is 8.26. The average molecular weight is 945 g/mol. The van der Waals surface area contributed by atoms with E-state index in [0.29, 0.717) is 33.9 Å². The normalized spacial score (nSPS) is 11.6. The molecule has 1 aromatic heterocycles. The molecule has 0 saturated heterocycles. The van der Waals surface area contributed by atoms with E-state index in [4.69, 9.17) is 9.84 Å². The number of aryl methyl sites for hydroxylation is 3. The van der Waals surface area contributed by atoms with Gasteiger partial charge in [-0.2, -0.15) is 15.3 Å². The molecule has 0 saturated carbocycles. The molecule has 9 aromatic carbocycles. The third-order valence-corrected chi connectivity index (χ3v) is 12.3. The summed E-state index contributed by atoms with van der Waals surface area (Å²) in [6.07, 6.45) is 6.03. The van der Waals surface area contributed by atoms with Crippen LogP contribution >= 0.6 is 0 Å². The Balaban J connectivity index is 0.873. The number of anilines is 2. The molecule has 0 aliphatic carbocycles. The molecule has 0 bridgehead atoms. The number of para-hydroxylation sites is 2. The zero-order valence-corrected chi connectivity index (χ0v) is 39.7. The standard InChI is InChI=1S/C60H48N8O4/c1-38-20-25-42(26-21-38)55-45(27-22-41-23-28-46(29-24-41)63-65-56-49-16-8-6-14-43(49)34-51(58(56)69)60(71)62-53-19-11-5-13-40(53)3)36-68(67-55)48-32-30-47(31-33-48)64-66-57-50-17-9-7-15-44(50)35-54(59(57)70)72-37-61-52-18-10-4-12-39(52)2/h4-36,61,69-70H,37H2,1-3H3,(H,62,71). The van der Waals surface area contributed by atoms with Crippen LogP contribution in [0.2, 0.25) is 0 Å². The van der Waals surface area contributed by atoms with Crippen molar-refractivity contribution in [3.63, 3.8) is 0 Å². The summed E-state index contributed by atoms with van der Waals surface area (Å²) in [6, 6.07) is 57.4. The molecule has 12 nitrogen and oxygen atoms in total. The molecule has 1 heterocycles. The van der Waals surface area contributed by atoms with Crippen molar-refractivity contribution >= 4 is 73.7 Å². The van der Waals surface area contributed by atoms with Crippen LogP contribution < -0.4 is 15.4 Å². The van der Waals surface area contributed by atoms with E-state index in [0.717, 1.165) is 66.6 Å². The molecule has 4 N–H and O–H groups in total.